The lowest BCUT2D eigenvalue weighted by atomic mass is 9.82. The van der Waals surface area contributed by atoms with Crippen LogP contribution in [-0.2, 0) is 10.1 Å². The van der Waals surface area contributed by atoms with E-state index in [1.807, 2.05) is 24.3 Å². The minimum Gasteiger partial charge on any atom is -0.326 e. The standard InChI is InChI=1S/C13H21NO3S/c1-2-3-4-5-6-8-11-9-7-10-12(13(11)14)18(15,16)17/h2-6,11-13H,1,7-10,14H2,(H,15,16,17)/b4-3-,6-5-. The molecule has 0 aliphatic heterocycles. The molecule has 3 N–H and O–H groups in total. The van der Waals surface area contributed by atoms with E-state index in [1.165, 1.54) is 0 Å². The Balaban J connectivity index is 2.59. The van der Waals surface area contributed by atoms with Gasteiger partial charge in [0.15, 0.2) is 0 Å². The van der Waals surface area contributed by atoms with Crippen LogP contribution >= 0.6 is 0 Å². The van der Waals surface area contributed by atoms with Crippen molar-refractivity contribution in [1.29, 1.82) is 0 Å². The zero-order valence-corrected chi connectivity index (χ0v) is 11.2. The van der Waals surface area contributed by atoms with Gasteiger partial charge in [-0.15, -0.1) is 0 Å². The molecule has 1 aliphatic carbocycles. The molecule has 18 heavy (non-hydrogen) atoms. The Hall–Kier alpha value is -0.910. The largest absolute Gasteiger partial charge is 0.326 e. The first-order valence-corrected chi connectivity index (χ1v) is 7.63. The second-order valence-electron chi connectivity index (χ2n) is 4.61. The molecule has 4 nitrogen and oxygen atoms in total. The Labute approximate surface area is 109 Å². The van der Waals surface area contributed by atoms with E-state index in [4.69, 9.17) is 10.3 Å². The molecule has 0 aromatic carbocycles. The molecule has 3 atom stereocenters. The lowest BCUT2D eigenvalue weighted by molar-refractivity contribution is 0.299. The second-order valence-corrected chi connectivity index (χ2v) is 6.24. The molecule has 102 valence electrons. The smallest absolute Gasteiger partial charge is 0.269 e. The second kappa shape index (κ2) is 6.87. The Morgan fingerprint density at radius 1 is 1.28 bits per heavy atom. The van der Waals surface area contributed by atoms with Gasteiger partial charge in [-0.1, -0.05) is 43.4 Å². The minimum atomic E-state index is -4.02. The van der Waals surface area contributed by atoms with Crippen molar-refractivity contribution in [3.05, 3.63) is 37.0 Å². The molecule has 3 unspecified atom stereocenters. The van der Waals surface area contributed by atoms with Crippen LogP contribution in [-0.4, -0.2) is 24.3 Å². The van der Waals surface area contributed by atoms with Crippen LogP contribution in [0.2, 0.25) is 0 Å². The van der Waals surface area contributed by atoms with E-state index >= 15 is 0 Å². The van der Waals surface area contributed by atoms with Gasteiger partial charge < -0.3 is 5.73 Å². The number of hydrogen-bond acceptors (Lipinski definition) is 3. The summed E-state index contributed by atoms with van der Waals surface area (Å²) >= 11 is 0. The van der Waals surface area contributed by atoms with Crippen LogP contribution in [0.5, 0.6) is 0 Å². The monoisotopic (exact) mass is 271 g/mol. The molecule has 0 spiro atoms. The third-order valence-corrected chi connectivity index (χ3v) is 4.67. The molecule has 1 aliphatic rings. The van der Waals surface area contributed by atoms with E-state index in [0.29, 0.717) is 6.42 Å². The van der Waals surface area contributed by atoms with Crippen molar-refractivity contribution in [2.24, 2.45) is 11.7 Å². The zero-order valence-electron chi connectivity index (χ0n) is 10.4. The number of rotatable bonds is 5. The Morgan fingerprint density at radius 3 is 2.61 bits per heavy atom. The molecule has 1 rings (SSSR count). The third-order valence-electron chi connectivity index (χ3n) is 3.35. The average molecular weight is 271 g/mol. The van der Waals surface area contributed by atoms with Crippen LogP contribution in [0, 0.1) is 5.92 Å². The molecule has 5 heteroatoms. The molecule has 0 heterocycles. The lowest BCUT2D eigenvalue weighted by Crippen LogP contribution is -2.48. The lowest BCUT2D eigenvalue weighted by Gasteiger charge is -2.33. The molecule has 0 bridgehead atoms. The fourth-order valence-electron chi connectivity index (χ4n) is 2.37. The molecule has 0 radical (unpaired) electrons. The molecular weight excluding hydrogens is 250 g/mol. The Bertz CT molecular complexity index is 426. The summed E-state index contributed by atoms with van der Waals surface area (Å²) in [7, 11) is -4.02. The maximum atomic E-state index is 11.2. The van der Waals surface area contributed by atoms with Crippen molar-refractivity contribution >= 4 is 10.1 Å². The van der Waals surface area contributed by atoms with Gasteiger partial charge in [-0.3, -0.25) is 4.55 Å². The van der Waals surface area contributed by atoms with Crippen molar-refractivity contribution < 1.29 is 13.0 Å². The summed E-state index contributed by atoms with van der Waals surface area (Å²) in [6, 6.07) is -0.484. The SMILES string of the molecule is C=C/C=C\C=C/CC1CCCC(S(=O)(=O)O)C1N. The van der Waals surface area contributed by atoms with Gasteiger partial charge >= 0.3 is 0 Å². The zero-order chi connectivity index (χ0) is 13.6. The predicted octanol–water partition coefficient (Wildman–Crippen LogP) is 2.06. The van der Waals surface area contributed by atoms with Crippen LogP contribution in [0.1, 0.15) is 25.7 Å². The van der Waals surface area contributed by atoms with Crippen molar-refractivity contribution in [3.8, 4) is 0 Å². The van der Waals surface area contributed by atoms with Crippen molar-refractivity contribution in [1.82, 2.24) is 0 Å². The maximum absolute atomic E-state index is 11.2. The fourth-order valence-corrected chi connectivity index (χ4v) is 3.45. The molecule has 0 aromatic heterocycles. The van der Waals surface area contributed by atoms with Crippen LogP contribution in [0.15, 0.2) is 37.0 Å². The summed E-state index contributed by atoms with van der Waals surface area (Å²) in [5.74, 6) is 0.110. The van der Waals surface area contributed by atoms with Crippen LogP contribution in [0.3, 0.4) is 0 Å². The first kappa shape index (κ1) is 15.1. The molecule has 1 saturated carbocycles. The molecule has 0 aromatic rings. The van der Waals surface area contributed by atoms with Gasteiger partial charge in [-0.2, -0.15) is 8.42 Å². The van der Waals surface area contributed by atoms with Gasteiger partial charge in [0.05, 0.1) is 0 Å². The van der Waals surface area contributed by atoms with Crippen molar-refractivity contribution in [2.45, 2.75) is 37.0 Å². The minimum absolute atomic E-state index is 0.110. The number of nitrogens with two attached hydrogens (primary N) is 1. The summed E-state index contributed by atoms with van der Waals surface area (Å²) in [6.45, 7) is 3.56. The predicted molar refractivity (Wildman–Crippen MR) is 73.7 cm³/mol. The summed E-state index contributed by atoms with van der Waals surface area (Å²) in [4.78, 5) is 0. The summed E-state index contributed by atoms with van der Waals surface area (Å²) in [6.07, 6.45) is 12.1. The molecular formula is C13H21NO3S. The highest BCUT2D eigenvalue weighted by Crippen LogP contribution is 2.29. The van der Waals surface area contributed by atoms with E-state index in [-0.39, 0.29) is 5.92 Å². The highest BCUT2D eigenvalue weighted by Gasteiger charge is 2.37. The van der Waals surface area contributed by atoms with Crippen LogP contribution < -0.4 is 5.73 Å². The Morgan fingerprint density at radius 2 is 2.00 bits per heavy atom. The van der Waals surface area contributed by atoms with Gasteiger partial charge in [0, 0.05) is 6.04 Å². The first-order valence-electron chi connectivity index (χ1n) is 6.13. The first-order chi connectivity index (χ1) is 8.46. The van der Waals surface area contributed by atoms with E-state index in [9.17, 15) is 8.42 Å². The van der Waals surface area contributed by atoms with Crippen LogP contribution in [0.4, 0.5) is 0 Å². The molecule has 1 fully saturated rings. The highest BCUT2D eigenvalue weighted by molar-refractivity contribution is 7.86. The van der Waals surface area contributed by atoms with Crippen LogP contribution in [0.25, 0.3) is 0 Å². The molecule has 0 saturated heterocycles. The van der Waals surface area contributed by atoms with Gasteiger partial charge in [0.2, 0.25) is 0 Å². The third kappa shape index (κ3) is 4.40. The quantitative estimate of drug-likeness (QED) is 0.592. The summed E-state index contributed by atoms with van der Waals surface area (Å²) in [5.41, 5.74) is 5.94. The van der Waals surface area contributed by atoms with E-state index in [2.05, 4.69) is 6.58 Å². The normalized spacial score (nSPS) is 30.0. The van der Waals surface area contributed by atoms with E-state index in [0.717, 1.165) is 19.3 Å². The highest BCUT2D eigenvalue weighted by atomic mass is 32.2. The summed E-state index contributed by atoms with van der Waals surface area (Å²) in [5, 5.41) is -0.812. The van der Waals surface area contributed by atoms with Gasteiger partial charge in [-0.25, -0.2) is 0 Å². The van der Waals surface area contributed by atoms with Gasteiger partial charge in [0.25, 0.3) is 10.1 Å². The van der Waals surface area contributed by atoms with Crippen molar-refractivity contribution in [3.63, 3.8) is 0 Å². The van der Waals surface area contributed by atoms with Crippen molar-refractivity contribution in [2.75, 3.05) is 0 Å². The van der Waals surface area contributed by atoms with Gasteiger partial charge in [0.1, 0.15) is 5.25 Å². The summed E-state index contributed by atoms with van der Waals surface area (Å²) < 4.78 is 31.5. The Kier molecular flexibility index (Phi) is 5.78. The number of hydrogen-bond donors (Lipinski definition) is 2. The van der Waals surface area contributed by atoms with Gasteiger partial charge in [-0.05, 0) is 25.2 Å². The molecule has 0 amide bonds. The average Bonchev–Trinajstić information content (AvgIpc) is 2.29. The number of allylic oxidation sites excluding steroid dienone is 5. The van der Waals surface area contributed by atoms with E-state index in [1.54, 1.807) is 6.08 Å². The van der Waals surface area contributed by atoms with E-state index < -0.39 is 21.4 Å². The fraction of sp³-hybridized carbons (Fsp3) is 0.538. The topological polar surface area (TPSA) is 80.4 Å². The maximum Gasteiger partial charge on any atom is 0.269 e.